The predicted octanol–water partition coefficient (Wildman–Crippen LogP) is 2.76. The fourth-order valence-corrected chi connectivity index (χ4v) is 2.44. The van der Waals surface area contributed by atoms with E-state index in [2.05, 4.69) is 45.3 Å². The lowest BCUT2D eigenvalue weighted by Crippen LogP contribution is -2.26. The van der Waals surface area contributed by atoms with Crippen molar-refractivity contribution in [3.8, 4) is 0 Å². The summed E-state index contributed by atoms with van der Waals surface area (Å²) in [6, 6.07) is 9.04. The molecule has 1 aliphatic rings. The summed E-state index contributed by atoms with van der Waals surface area (Å²) < 4.78 is 0. The maximum atomic E-state index is 4.61. The van der Waals surface area contributed by atoms with E-state index in [1.54, 1.807) is 0 Å². The van der Waals surface area contributed by atoms with Crippen LogP contribution >= 0.6 is 0 Å². The lowest BCUT2D eigenvalue weighted by Gasteiger charge is -2.24. The van der Waals surface area contributed by atoms with E-state index in [0.717, 1.165) is 25.5 Å². The van der Waals surface area contributed by atoms with Crippen LogP contribution in [0.3, 0.4) is 0 Å². The topological polar surface area (TPSA) is 41.1 Å². The predicted molar refractivity (Wildman–Crippen MR) is 85.1 cm³/mol. The quantitative estimate of drug-likeness (QED) is 0.848. The molecule has 1 N–H and O–H groups in total. The third-order valence-electron chi connectivity index (χ3n) is 3.83. The molecular weight excluding hydrogens is 260 g/mol. The van der Waals surface area contributed by atoms with Crippen LogP contribution in [-0.4, -0.2) is 22.6 Å². The summed E-state index contributed by atoms with van der Waals surface area (Å²) in [5.41, 5.74) is 2.54. The maximum Gasteiger partial charge on any atom is 0.133 e. The summed E-state index contributed by atoms with van der Waals surface area (Å²) >= 11 is 0. The summed E-state index contributed by atoms with van der Waals surface area (Å²) in [5.74, 6) is 1.09. The largest absolute Gasteiger partial charge is 0.352 e. The molecular formula is C17H22N4. The van der Waals surface area contributed by atoms with Gasteiger partial charge in [0.2, 0.25) is 0 Å². The molecule has 1 saturated carbocycles. The van der Waals surface area contributed by atoms with Gasteiger partial charge in [0.05, 0.1) is 0 Å². The van der Waals surface area contributed by atoms with Crippen LogP contribution in [0.4, 0.5) is 5.82 Å². The van der Waals surface area contributed by atoms with Gasteiger partial charge in [-0.25, -0.2) is 4.98 Å². The molecule has 0 spiro atoms. The first-order valence-corrected chi connectivity index (χ1v) is 7.68. The van der Waals surface area contributed by atoms with Gasteiger partial charge in [0.25, 0.3) is 0 Å². The number of hydrogen-bond acceptors (Lipinski definition) is 4. The molecule has 0 aromatic carbocycles. The summed E-state index contributed by atoms with van der Waals surface area (Å²) in [7, 11) is 0. The van der Waals surface area contributed by atoms with Crippen LogP contribution in [0.15, 0.2) is 42.9 Å². The molecule has 21 heavy (non-hydrogen) atoms. The van der Waals surface area contributed by atoms with E-state index < -0.39 is 0 Å². The van der Waals surface area contributed by atoms with Crippen LogP contribution in [0.25, 0.3) is 0 Å². The molecule has 0 radical (unpaired) electrons. The van der Waals surface area contributed by atoms with Gasteiger partial charge in [-0.2, -0.15) is 0 Å². The normalized spacial score (nSPS) is 14.1. The van der Waals surface area contributed by atoms with Crippen molar-refractivity contribution < 1.29 is 0 Å². The van der Waals surface area contributed by atoms with Crippen molar-refractivity contribution in [2.45, 2.75) is 38.9 Å². The van der Waals surface area contributed by atoms with Crippen molar-refractivity contribution in [3.63, 3.8) is 0 Å². The van der Waals surface area contributed by atoms with E-state index in [1.807, 2.05) is 24.7 Å². The molecule has 110 valence electrons. The number of nitrogens with zero attached hydrogens (tertiary/aromatic N) is 3. The molecule has 3 rings (SSSR count). The standard InChI is InChI=1S/C17H22N4/c1-2-21(13-14-7-10-18-11-8-14)17-15(4-3-9-19-17)12-20-16-5-6-16/h3-4,7-11,16,20H,2,5-6,12-13H2,1H3. The molecule has 0 unspecified atom stereocenters. The summed E-state index contributed by atoms with van der Waals surface area (Å²) in [4.78, 5) is 11.0. The van der Waals surface area contributed by atoms with Crippen molar-refractivity contribution >= 4 is 5.82 Å². The zero-order valence-corrected chi connectivity index (χ0v) is 12.5. The number of aromatic nitrogens is 2. The SMILES string of the molecule is CCN(Cc1ccncc1)c1ncccc1CNC1CC1. The number of hydrogen-bond donors (Lipinski definition) is 1. The Labute approximate surface area is 126 Å². The Hall–Kier alpha value is -1.94. The van der Waals surface area contributed by atoms with E-state index >= 15 is 0 Å². The molecule has 1 fully saturated rings. The van der Waals surface area contributed by atoms with E-state index in [-0.39, 0.29) is 0 Å². The second kappa shape index (κ2) is 6.68. The smallest absolute Gasteiger partial charge is 0.133 e. The van der Waals surface area contributed by atoms with Gasteiger partial charge < -0.3 is 10.2 Å². The summed E-state index contributed by atoms with van der Waals surface area (Å²) in [6.07, 6.45) is 8.19. The molecule has 2 heterocycles. The van der Waals surface area contributed by atoms with Gasteiger partial charge in [0.15, 0.2) is 0 Å². The first-order valence-electron chi connectivity index (χ1n) is 7.68. The minimum absolute atomic E-state index is 0.716. The molecule has 0 aliphatic heterocycles. The lowest BCUT2D eigenvalue weighted by atomic mass is 10.2. The average Bonchev–Trinajstić information content (AvgIpc) is 3.36. The Bertz CT molecular complexity index is 566. The van der Waals surface area contributed by atoms with Gasteiger partial charge in [-0.3, -0.25) is 4.98 Å². The second-order valence-corrected chi connectivity index (χ2v) is 5.51. The molecule has 0 atom stereocenters. The van der Waals surface area contributed by atoms with Gasteiger partial charge >= 0.3 is 0 Å². The van der Waals surface area contributed by atoms with Crippen LogP contribution in [0.1, 0.15) is 30.9 Å². The third kappa shape index (κ3) is 3.79. The van der Waals surface area contributed by atoms with Crippen molar-refractivity contribution in [2.75, 3.05) is 11.4 Å². The van der Waals surface area contributed by atoms with Crippen molar-refractivity contribution in [1.82, 2.24) is 15.3 Å². The number of nitrogens with one attached hydrogen (secondary N) is 1. The monoisotopic (exact) mass is 282 g/mol. The van der Waals surface area contributed by atoms with Gasteiger partial charge in [0.1, 0.15) is 5.82 Å². The number of rotatable bonds is 7. The Kier molecular flexibility index (Phi) is 4.46. The molecule has 4 nitrogen and oxygen atoms in total. The van der Waals surface area contributed by atoms with Crippen LogP contribution < -0.4 is 10.2 Å². The Morgan fingerprint density at radius 2 is 2.00 bits per heavy atom. The average molecular weight is 282 g/mol. The summed E-state index contributed by atoms with van der Waals surface area (Å²) in [5, 5.41) is 3.58. The van der Waals surface area contributed by atoms with Gasteiger partial charge in [-0.05, 0) is 43.5 Å². The van der Waals surface area contributed by atoms with Crippen LogP contribution in [-0.2, 0) is 13.1 Å². The minimum Gasteiger partial charge on any atom is -0.352 e. The Morgan fingerprint density at radius 3 is 2.71 bits per heavy atom. The van der Waals surface area contributed by atoms with Crippen molar-refractivity contribution in [1.29, 1.82) is 0 Å². The van der Waals surface area contributed by atoms with E-state index in [4.69, 9.17) is 0 Å². The van der Waals surface area contributed by atoms with E-state index in [0.29, 0.717) is 6.04 Å². The molecule has 2 aromatic rings. The van der Waals surface area contributed by atoms with Crippen molar-refractivity contribution in [2.24, 2.45) is 0 Å². The third-order valence-corrected chi connectivity index (χ3v) is 3.83. The van der Waals surface area contributed by atoms with E-state index in [1.165, 1.54) is 24.0 Å². The molecule has 1 aliphatic carbocycles. The highest BCUT2D eigenvalue weighted by Gasteiger charge is 2.21. The van der Waals surface area contributed by atoms with Crippen LogP contribution in [0.2, 0.25) is 0 Å². The summed E-state index contributed by atoms with van der Waals surface area (Å²) in [6.45, 7) is 4.89. The minimum atomic E-state index is 0.716. The fraction of sp³-hybridized carbons (Fsp3) is 0.412. The van der Waals surface area contributed by atoms with Crippen molar-refractivity contribution in [3.05, 3.63) is 54.0 Å². The molecule has 0 bridgehead atoms. The zero-order chi connectivity index (χ0) is 14.5. The van der Waals surface area contributed by atoms with Crippen LogP contribution in [0, 0.1) is 0 Å². The fourth-order valence-electron chi connectivity index (χ4n) is 2.44. The zero-order valence-electron chi connectivity index (χ0n) is 12.5. The molecule has 2 aromatic heterocycles. The van der Waals surface area contributed by atoms with Gasteiger partial charge in [-0.1, -0.05) is 6.07 Å². The van der Waals surface area contributed by atoms with Gasteiger partial charge in [-0.15, -0.1) is 0 Å². The highest BCUT2D eigenvalue weighted by molar-refractivity contribution is 5.47. The van der Waals surface area contributed by atoms with E-state index in [9.17, 15) is 0 Å². The molecule has 0 saturated heterocycles. The first kappa shape index (κ1) is 14.0. The van der Waals surface area contributed by atoms with Gasteiger partial charge in [0, 0.05) is 49.8 Å². The number of pyridine rings is 2. The highest BCUT2D eigenvalue weighted by atomic mass is 15.2. The Morgan fingerprint density at radius 1 is 1.19 bits per heavy atom. The molecule has 0 amide bonds. The lowest BCUT2D eigenvalue weighted by molar-refractivity contribution is 0.679. The number of anilines is 1. The Balaban J connectivity index is 1.75. The van der Waals surface area contributed by atoms with Crippen LogP contribution in [0.5, 0.6) is 0 Å². The highest BCUT2D eigenvalue weighted by Crippen LogP contribution is 2.23. The maximum absolute atomic E-state index is 4.61. The molecule has 4 heteroatoms. The second-order valence-electron chi connectivity index (χ2n) is 5.51. The first-order chi connectivity index (χ1) is 10.4.